The van der Waals surface area contributed by atoms with Gasteiger partial charge in [0.15, 0.2) is 0 Å². The molecule has 0 aliphatic carbocycles. The summed E-state index contributed by atoms with van der Waals surface area (Å²) >= 11 is 0. The predicted molar refractivity (Wildman–Crippen MR) is 229 cm³/mol. The van der Waals surface area contributed by atoms with Gasteiger partial charge in [-0.1, -0.05) is 36.4 Å². The minimum atomic E-state index is -4.95. The van der Waals surface area contributed by atoms with Crippen LogP contribution in [-0.4, -0.2) is 57.5 Å². The van der Waals surface area contributed by atoms with E-state index in [1.165, 1.54) is 48.5 Å². The van der Waals surface area contributed by atoms with Crippen molar-refractivity contribution in [1.29, 1.82) is 0 Å². The zero-order chi connectivity index (χ0) is 44.2. The SMILES string of the molecule is O=[N+]([O-])c1cc(S(=O)(=O)NCCO)ccc1Nc1ccc(N=Nc2ccc(N=Nc3ccc(Nc4ccccc4)c4c(S(=O)(=O)[O-])cccc34)c3cc(S(=O)(=O)O)ccc23)cc1.[Na+]. The van der Waals surface area contributed by atoms with Gasteiger partial charge in [-0.05, 0) is 91.0 Å². The molecule has 0 heterocycles. The normalized spacial score (nSPS) is 12.2. The summed E-state index contributed by atoms with van der Waals surface area (Å²) < 4.78 is 98.4. The molecule has 0 saturated heterocycles. The fourth-order valence-electron chi connectivity index (χ4n) is 6.25. The number of hydrogen-bond donors (Lipinski definition) is 5. The van der Waals surface area contributed by atoms with Crippen molar-refractivity contribution < 1.29 is 73.9 Å². The van der Waals surface area contributed by atoms with Gasteiger partial charge in [0.1, 0.15) is 15.8 Å². The zero-order valence-corrected chi connectivity index (χ0v) is 37.1. The second-order valence-corrected chi connectivity index (χ2v) is 17.7. The quantitative estimate of drug-likeness (QED) is 0.0274. The van der Waals surface area contributed by atoms with Crippen LogP contribution in [0.5, 0.6) is 0 Å². The first kappa shape index (κ1) is 46.5. The van der Waals surface area contributed by atoms with E-state index < -0.39 is 57.3 Å². The predicted octanol–water partition coefficient (Wildman–Crippen LogP) is 5.64. The number of azo groups is 2. The fraction of sp³-hybridized carbons (Fsp3) is 0.0500. The molecule has 316 valence electrons. The molecule has 19 nitrogen and oxygen atoms in total. The molecule has 23 heteroatoms. The smallest absolute Gasteiger partial charge is 0.744 e. The Hall–Kier alpha value is -6.05. The molecule has 0 aromatic heterocycles. The molecule has 0 radical (unpaired) electrons. The molecule has 63 heavy (non-hydrogen) atoms. The van der Waals surface area contributed by atoms with Gasteiger partial charge in [-0.2, -0.15) is 13.5 Å². The van der Waals surface area contributed by atoms with E-state index in [2.05, 4.69) is 35.8 Å². The third-order valence-corrected chi connectivity index (χ3v) is 12.3. The van der Waals surface area contributed by atoms with E-state index in [1.54, 1.807) is 78.9 Å². The van der Waals surface area contributed by atoms with Crippen LogP contribution in [0.15, 0.2) is 169 Å². The first-order valence-corrected chi connectivity index (χ1v) is 22.3. The Morgan fingerprint density at radius 2 is 1.19 bits per heavy atom. The topological polar surface area (TPSA) is 295 Å². The minimum absolute atomic E-state index is 0. The van der Waals surface area contributed by atoms with Crippen molar-refractivity contribution in [3.05, 3.63) is 144 Å². The van der Waals surface area contributed by atoms with E-state index in [-0.39, 0.29) is 79.9 Å². The van der Waals surface area contributed by atoms with Crippen molar-refractivity contribution in [2.24, 2.45) is 20.5 Å². The van der Waals surface area contributed by atoms with E-state index in [9.17, 15) is 44.5 Å². The molecule has 0 aliphatic heterocycles. The summed E-state index contributed by atoms with van der Waals surface area (Å²) in [7, 11) is -13.7. The van der Waals surface area contributed by atoms with Crippen molar-refractivity contribution in [2.75, 3.05) is 23.8 Å². The molecule has 7 aromatic rings. The molecule has 0 atom stereocenters. The number of para-hydroxylation sites is 1. The molecular formula is C40H31N8NaO11S3. The second kappa shape index (κ2) is 19.1. The third kappa shape index (κ3) is 10.8. The Balaban J connectivity index is 0.00000661. The molecule has 0 unspecified atom stereocenters. The molecule has 7 aromatic carbocycles. The van der Waals surface area contributed by atoms with Gasteiger partial charge in [-0.15, -0.1) is 15.3 Å². The minimum Gasteiger partial charge on any atom is -0.744 e. The number of fused-ring (bicyclic) bond motifs is 2. The average Bonchev–Trinajstić information content (AvgIpc) is 3.24. The number of rotatable bonds is 15. The van der Waals surface area contributed by atoms with Crippen LogP contribution in [0, 0.1) is 10.1 Å². The Morgan fingerprint density at radius 3 is 1.84 bits per heavy atom. The number of anilines is 4. The number of benzene rings is 7. The van der Waals surface area contributed by atoms with Crippen LogP contribution in [-0.2, 0) is 30.3 Å². The Bertz CT molecular complexity index is 3290. The molecule has 0 fully saturated rings. The number of nitrogens with one attached hydrogen (secondary N) is 3. The van der Waals surface area contributed by atoms with Crippen molar-refractivity contribution in [3.8, 4) is 0 Å². The van der Waals surface area contributed by atoms with Crippen LogP contribution >= 0.6 is 0 Å². The number of aliphatic hydroxyl groups is 1. The van der Waals surface area contributed by atoms with Gasteiger partial charge in [0, 0.05) is 51.2 Å². The van der Waals surface area contributed by atoms with Crippen molar-refractivity contribution in [1.82, 2.24) is 4.72 Å². The third-order valence-electron chi connectivity index (χ3n) is 9.11. The Labute approximate surface area is 381 Å². The largest absolute Gasteiger partial charge is 1.00 e. The fourth-order valence-corrected chi connectivity index (χ4v) is 8.51. The summed E-state index contributed by atoms with van der Waals surface area (Å²) in [4.78, 5) is 9.79. The van der Waals surface area contributed by atoms with E-state index in [0.29, 0.717) is 28.1 Å². The summed E-state index contributed by atoms with van der Waals surface area (Å²) in [5.41, 5.74) is 1.74. The first-order chi connectivity index (χ1) is 29.5. The molecule has 0 amide bonds. The number of nitro benzene ring substituents is 1. The Morgan fingerprint density at radius 1 is 0.603 bits per heavy atom. The average molecular weight is 919 g/mol. The van der Waals surface area contributed by atoms with Gasteiger partial charge in [0.2, 0.25) is 10.0 Å². The Kier molecular flexibility index (Phi) is 14.1. The van der Waals surface area contributed by atoms with Crippen LogP contribution in [0.25, 0.3) is 21.5 Å². The van der Waals surface area contributed by atoms with E-state index >= 15 is 0 Å². The van der Waals surface area contributed by atoms with Gasteiger partial charge in [-0.25, -0.2) is 21.6 Å². The second-order valence-electron chi connectivity index (χ2n) is 13.2. The summed E-state index contributed by atoms with van der Waals surface area (Å²) in [6.45, 7) is -0.727. The van der Waals surface area contributed by atoms with E-state index in [1.807, 2.05) is 0 Å². The van der Waals surface area contributed by atoms with Gasteiger partial charge in [0.05, 0.1) is 49.0 Å². The molecule has 0 aliphatic rings. The van der Waals surface area contributed by atoms with Crippen LogP contribution < -0.4 is 44.9 Å². The van der Waals surface area contributed by atoms with Crippen LogP contribution in [0.2, 0.25) is 0 Å². The summed E-state index contributed by atoms with van der Waals surface area (Å²) in [6, 6.07) is 32.4. The number of hydrogen-bond acceptors (Lipinski definition) is 16. The first-order valence-electron chi connectivity index (χ1n) is 18.0. The zero-order valence-electron chi connectivity index (χ0n) is 32.6. The molecule has 7 rings (SSSR count). The van der Waals surface area contributed by atoms with Crippen LogP contribution in [0.4, 0.5) is 51.2 Å². The van der Waals surface area contributed by atoms with Gasteiger partial charge in [0.25, 0.3) is 15.8 Å². The monoisotopic (exact) mass is 918 g/mol. The molecular weight excluding hydrogens is 888 g/mol. The molecule has 0 bridgehead atoms. The maximum absolute atomic E-state index is 12.4. The number of nitrogens with zero attached hydrogens (tertiary/aromatic N) is 5. The number of nitro groups is 1. The van der Waals surface area contributed by atoms with E-state index in [0.717, 1.165) is 6.07 Å². The summed E-state index contributed by atoms with van der Waals surface area (Å²) in [5, 5.41) is 45.0. The van der Waals surface area contributed by atoms with Crippen LogP contribution in [0.1, 0.15) is 0 Å². The van der Waals surface area contributed by atoms with E-state index in [4.69, 9.17) is 5.11 Å². The number of sulfonamides is 1. The summed E-state index contributed by atoms with van der Waals surface area (Å²) in [6.07, 6.45) is 0. The van der Waals surface area contributed by atoms with Crippen molar-refractivity contribution in [3.63, 3.8) is 0 Å². The molecule has 0 spiro atoms. The van der Waals surface area contributed by atoms with Crippen molar-refractivity contribution >= 4 is 103 Å². The molecule has 5 N–H and O–H groups in total. The summed E-state index contributed by atoms with van der Waals surface area (Å²) in [5.74, 6) is 0. The van der Waals surface area contributed by atoms with Crippen LogP contribution in [0.3, 0.4) is 0 Å². The van der Waals surface area contributed by atoms with Crippen molar-refractivity contribution in [2.45, 2.75) is 14.7 Å². The number of aliphatic hydroxyl groups excluding tert-OH is 1. The standard InChI is InChI=1S/C40H32N8O11S3.Na/c49-22-21-41-60(52,53)28-14-16-36(38(24-28)48(50)51)42-26-9-11-27(12-10-26)44-45-33-17-18-35(32-23-29(61(54,55)56)13-15-30(32)33)47-46-34-19-20-37(43-25-5-2-1-3-6-25)40-31(34)7-4-8-39(40)62(57,58)59;/h1-20,23-24,41-43,49H,21-22H2,(H,54,55,56)(H,57,58,59);/q;+1/p-1. The maximum atomic E-state index is 12.4. The van der Waals surface area contributed by atoms with Gasteiger partial charge >= 0.3 is 29.6 Å². The van der Waals surface area contributed by atoms with Gasteiger partial charge in [-0.3, -0.25) is 14.7 Å². The molecule has 0 saturated carbocycles. The maximum Gasteiger partial charge on any atom is 1.00 e. The van der Waals surface area contributed by atoms with Gasteiger partial charge < -0.3 is 20.3 Å².